The minimum atomic E-state index is -3.49. The summed E-state index contributed by atoms with van der Waals surface area (Å²) in [6.07, 6.45) is 9.38. The molecule has 2 bridgehead atoms. The summed E-state index contributed by atoms with van der Waals surface area (Å²) >= 11 is 0. The molecular weight excluding hydrogens is 286 g/mol. The predicted octanol–water partition coefficient (Wildman–Crippen LogP) is 2.49. The number of amides is 1. The first-order chi connectivity index (χ1) is 9.76. The molecule has 1 saturated heterocycles. The Hall–Kier alpha value is -1.10. The van der Waals surface area contributed by atoms with Crippen molar-refractivity contribution in [2.45, 2.75) is 46.1 Å². The number of allylic oxidation sites excluding steroid dienone is 3. The van der Waals surface area contributed by atoms with Gasteiger partial charge in [-0.25, -0.2) is 12.7 Å². The maximum Gasteiger partial charge on any atom is 0.260 e. The molecule has 1 amide bonds. The van der Waals surface area contributed by atoms with Crippen molar-refractivity contribution in [3.05, 3.63) is 24.3 Å². The van der Waals surface area contributed by atoms with Crippen LogP contribution >= 0.6 is 0 Å². The topological polar surface area (TPSA) is 54.5 Å². The van der Waals surface area contributed by atoms with E-state index in [0.29, 0.717) is 5.92 Å². The molecule has 4 nitrogen and oxygen atoms in total. The molecule has 1 spiro atoms. The Bertz CT molecular complexity index is 632. The minimum absolute atomic E-state index is 0.00675. The maximum atomic E-state index is 12.6. The molecular formula is C16H23NO3S. The van der Waals surface area contributed by atoms with Crippen LogP contribution in [0.2, 0.25) is 0 Å². The molecule has 0 N–H and O–H groups in total. The van der Waals surface area contributed by atoms with E-state index in [2.05, 4.69) is 13.8 Å². The number of hydrogen-bond donors (Lipinski definition) is 0. The van der Waals surface area contributed by atoms with Crippen LogP contribution in [0.25, 0.3) is 0 Å². The van der Waals surface area contributed by atoms with Gasteiger partial charge in [-0.05, 0) is 37.5 Å². The van der Waals surface area contributed by atoms with Crippen molar-refractivity contribution >= 4 is 15.9 Å². The van der Waals surface area contributed by atoms with Crippen molar-refractivity contribution in [2.75, 3.05) is 5.75 Å². The number of fused-ring (bicyclic) bond motifs is 1. The fourth-order valence-corrected chi connectivity index (χ4v) is 7.41. The fourth-order valence-electron chi connectivity index (χ4n) is 4.90. The highest BCUT2D eigenvalue weighted by Gasteiger charge is 2.72. The lowest BCUT2D eigenvalue weighted by atomic mass is 9.69. The van der Waals surface area contributed by atoms with Gasteiger partial charge in [0.05, 0.1) is 11.8 Å². The zero-order chi connectivity index (χ0) is 15.5. The van der Waals surface area contributed by atoms with E-state index in [4.69, 9.17) is 0 Å². The van der Waals surface area contributed by atoms with Crippen LogP contribution < -0.4 is 0 Å². The predicted molar refractivity (Wildman–Crippen MR) is 81.9 cm³/mol. The number of sulfonamides is 1. The highest BCUT2D eigenvalue weighted by Crippen LogP contribution is 2.69. The summed E-state index contributed by atoms with van der Waals surface area (Å²) in [5, 5.41) is 0. The third kappa shape index (κ3) is 1.79. The molecule has 0 aromatic carbocycles. The van der Waals surface area contributed by atoms with E-state index in [9.17, 15) is 13.2 Å². The first-order valence-corrected chi connectivity index (χ1v) is 9.22. The van der Waals surface area contributed by atoms with Crippen molar-refractivity contribution < 1.29 is 13.2 Å². The Morgan fingerprint density at radius 3 is 2.62 bits per heavy atom. The Labute approximate surface area is 126 Å². The van der Waals surface area contributed by atoms with Crippen molar-refractivity contribution in [1.82, 2.24) is 4.31 Å². The highest BCUT2D eigenvalue weighted by atomic mass is 32.2. The fraction of sp³-hybridized carbons (Fsp3) is 0.688. The summed E-state index contributed by atoms with van der Waals surface area (Å²) in [5.41, 5.74) is -0.229. The first-order valence-electron chi connectivity index (χ1n) is 7.62. The number of carbonyl (C=O) groups is 1. The largest absolute Gasteiger partial charge is 0.269 e. The zero-order valence-corrected chi connectivity index (χ0v) is 13.7. The van der Waals surface area contributed by atoms with E-state index in [1.54, 1.807) is 12.2 Å². The first kappa shape index (κ1) is 14.8. The van der Waals surface area contributed by atoms with E-state index in [1.165, 1.54) is 10.4 Å². The second-order valence-electron chi connectivity index (χ2n) is 7.14. The summed E-state index contributed by atoms with van der Waals surface area (Å²) in [6, 6.07) is -0.140. The van der Waals surface area contributed by atoms with Crippen LogP contribution in [0.3, 0.4) is 0 Å². The summed E-state index contributed by atoms with van der Waals surface area (Å²) < 4.78 is 26.3. The molecule has 1 aliphatic heterocycles. The third-order valence-electron chi connectivity index (χ3n) is 6.17. The number of hydrogen-bond acceptors (Lipinski definition) is 3. The van der Waals surface area contributed by atoms with Crippen LogP contribution in [0.1, 0.15) is 40.0 Å². The summed E-state index contributed by atoms with van der Waals surface area (Å²) in [5.74, 6) is 0.281. The molecule has 0 radical (unpaired) electrons. The van der Waals surface area contributed by atoms with Crippen LogP contribution in [0.5, 0.6) is 0 Å². The molecule has 116 valence electrons. The lowest BCUT2D eigenvalue weighted by Crippen LogP contribution is -2.43. The Morgan fingerprint density at radius 2 is 2.00 bits per heavy atom. The average Bonchev–Trinajstić information content (AvgIpc) is 2.85. The maximum absolute atomic E-state index is 12.6. The summed E-state index contributed by atoms with van der Waals surface area (Å²) in [7, 11) is -3.49. The summed E-state index contributed by atoms with van der Waals surface area (Å²) in [4.78, 5) is 12.4. The molecule has 1 heterocycles. The van der Waals surface area contributed by atoms with Gasteiger partial charge in [0.1, 0.15) is 0 Å². The van der Waals surface area contributed by atoms with Crippen LogP contribution in [0.4, 0.5) is 0 Å². The second-order valence-corrected chi connectivity index (χ2v) is 8.99. The summed E-state index contributed by atoms with van der Waals surface area (Å²) in [6.45, 7) is 6.22. The quantitative estimate of drug-likeness (QED) is 0.582. The molecule has 3 rings (SSSR count). The van der Waals surface area contributed by atoms with Crippen LogP contribution in [0.15, 0.2) is 24.3 Å². The van der Waals surface area contributed by atoms with Gasteiger partial charge >= 0.3 is 0 Å². The van der Waals surface area contributed by atoms with E-state index < -0.39 is 15.9 Å². The van der Waals surface area contributed by atoms with Crippen molar-refractivity contribution in [3.63, 3.8) is 0 Å². The van der Waals surface area contributed by atoms with E-state index in [0.717, 1.165) is 19.3 Å². The van der Waals surface area contributed by atoms with Gasteiger partial charge in [-0.1, -0.05) is 32.1 Å². The molecule has 0 unspecified atom stereocenters. The van der Waals surface area contributed by atoms with Crippen LogP contribution in [0, 0.1) is 16.7 Å². The monoisotopic (exact) mass is 309 g/mol. The molecule has 3 aliphatic rings. The van der Waals surface area contributed by atoms with Gasteiger partial charge in [0.25, 0.3) is 5.91 Å². The number of carbonyl (C=O) groups excluding carboxylic acids is 1. The van der Waals surface area contributed by atoms with Gasteiger partial charge in [-0.3, -0.25) is 4.79 Å². The number of nitrogens with zero attached hydrogens (tertiary/aromatic N) is 1. The number of rotatable bonds is 2. The van der Waals surface area contributed by atoms with Crippen molar-refractivity contribution in [1.29, 1.82) is 0 Å². The van der Waals surface area contributed by atoms with Gasteiger partial charge in [0, 0.05) is 11.5 Å². The standard InChI is InChI=1S/C16H23NO3S/c1-4-5-6-7-14(18)17-13-10-12-8-9-16(13,15(12,2)3)11-21(17,19)20/h4-7,12-13H,8-11H2,1-3H3/b5-4+,7-6+/t12-,13-,16-/m1/s1. The van der Waals surface area contributed by atoms with E-state index in [1.807, 2.05) is 13.0 Å². The smallest absolute Gasteiger partial charge is 0.260 e. The van der Waals surface area contributed by atoms with E-state index in [-0.39, 0.29) is 22.6 Å². The van der Waals surface area contributed by atoms with Gasteiger partial charge in [-0.15, -0.1) is 0 Å². The van der Waals surface area contributed by atoms with Crippen molar-refractivity contribution in [2.24, 2.45) is 16.7 Å². The van der Waals surface area contributed by atoms with Gasteiger partial charge in [-0.2, -0.15) is 0 Å². The third-order valence-corrected chi connectivity index (χ3v) is 8.08. The Morgan fingerprint density at radius 1 is 1.29 bits per heavy atom. The molecule has 3 fully saturated rings. The minimum Gasteiger partial charge on any atom is -0.269 e. The highest BCUT2D eigenvalue weighted by molar-refractivity contribution is 7.90. The van der Waals surface area contributed by atoms with Gasteiger partial charge < -0.3 is 0 Å². The molecule has 2 aliphatic carbocycles. The molecule has 5 heteroatoms. The van der Waals surface area contributed by atoms with Crippen LogP contribution in [-0.4, -0.2) is 30.4 Å². The van der Waals surface area contributed by atoms with E-state index >= 15 is 0 Å². The molecule has 3 atom stereocenters. The zero-order valence-electron chi connectivity index (χ0n) is 12.9. The van der Waals surface area contributed by atoms with Crippen molar-refractivity contribution in [3.8, 4) is 0 Å². The Kier molecular flexibility index (Phi) is 3.14. The molecule has 2 saturated carbocycles. The average molecular weight is 309 g/mol. The van der Waals surface area contributed by atoms with Gasteiger partial charge in [0.2, 0.25) is 10.0 Å². The van der Waals surface area contributed by atoms with Gasteiger partial charge in [0.15, 0.2) is 0 Å². The molecule has 21 heavy (non-hydrogen) atoms. The normalized spacial score (nSPS) is 39.5. The Balaban J connectivity index is 1.99. The SMILES string of the molecule is C/C=C/C=C/C(=O)N1[C@@H]2C[C@H]3CC[C@]2(CS1(=O)=O)C3(C)C. The lowest BCUT2D eigenvalue weighted by molar-refractivity contribution is -0.124. The second kappa shape index (κ2) is 4.45. The molecule has 0 aromatic rings. The molecule has 0 aromatic heterocycles. The lowest BCUT2D eigenvalue weighted by Gasteiger charge is -2.36. The van der Waals surface area contributed by atoms with Crippen LogP contribution in [-0.2, 0) is 14.8 Å².